The molecule has 13 heavy (non-hydrogen) atoms. The molecule has 1 saturated heterocycles. The van der Waals surface area contributed by atoms with Crippen LogP contribution in [0.15, 0.2) is 0 Å². The first-order valence-electron chi connectivity index (χ1n) is 4.62. The van der Waals surface area contributed by atoms with Crippen molar-refractivity contribution in [2.45, 2.75) is 25.7 Å². The Balaban J connectivity index is 2.10. The molecule has 1 amide bonds. The fraction of sp³-hybridized carbons (Fsp3) is 0.778. The molecule has 2 fully saturated rings. The van der Waals surface area contributed by atoms with E-state index in [-0.39, 0.29) is 12.3 Å². The van der Waals surface area contributed by atoms with Crippen molar-refractivity contribution in [2.75, 3.05) is 6.54 Å². The average Bonchev–Trinajstić information content (AvgIpc) is 2.76. The molecule has 0 spiro atoms. The van der Waals surface area contributed by atoms with Gasteiger partial charge in [-0.15, -0.1) is 0 Å². The van der Waals surface area contributed by atoms with E-state index in [0.717, 1.165) is 12.8 Å². The van der Waals surface area contributed by atoms with E-state index in [1.165, 1.54) is 0 Å². The molecule has 1 unspecified atom stereocenters. The molecule has 2 N–H and O–H groups in total. The SMILES string of the molecule is O=C1CC(CC2CC2)(C(=O)O)CN1. The largest absolute Gasteiger partial charge is 0.481 e. The smallest absolute Gasteiger partial charge is 0.311 e. The molecule has 1 aliphatic heterocycles. The van der Waals surface area contributed by atoms with Gasteiger partial charge in [0.1, 0.15) is 0 Å². The zero-order chi connectivity index (χ0) is 9.47. The normalized spacial score (nSPS) is 33.1. The molecule has 1 aliphatic carbocycles. The summed E-state index contributed by atoms with van der Waals surface area (Å²) >= 11 is 0. The van der Waals surface area contributed by atoms with Crippen LogP contribution in [0.2, 0.25) is 0 Å². The molecule has 0 bridgehead atoms. The number of carbonyl (C=O) groups excluding carboxylic acids is 1. The van der Waals surface area contributed by atoms with Crippen LogP contribution in [0.25, 0.3) is 0 Å². The Morgan fingerprint density at radius 1 is 1.62 bits per heavy atom. The van der Waals surface area contributed by atoms with Crippen molar-refractivity contribution >= 4 is 11.9 Å². The third-order valence-electron chi connectivity index (χ3n) is 2.95. The summed E-state index contributed by atoms with van der Waals surface area (Å²) in [4.78, 5) is 22.0. The Morgan fingerprint density at radius 2 is 2.31 bits per heavy atom. The lowest BCUT2D eigenvalue weighted by atomic mass is 9.82. The highest BCUT2D eigenvalue weighted by Gasteiger charge is 2.48. The van der Waals surface area contributed by atoms with Crippen molar-refractivity contribution in [2.24, 2.45) is 11.3 Å². The van der Waals surface area contributed by atoms with Gasteiger partial charge in [-0.05, 0) is 12.3 Å². The van der Waals surface area contributed by atoms with E-state index in [9.17, 15) is 9.59 Å². The van der Waals surface area contributed by atoms with Gasteiger partial charge in [0.05, 0.1) is 5.41 Å². The van der Waals surface area contributed by atoms with E-state index >= 15 is 0 Å². The van der Waals surface area contributed by atoms with Gasteiger partial charge in [-0.1, -0.05) is 12.8 Å². The summed E-state index contributed by atoms with van der Waals surface area (Å²) < 4.78 is 0. The van der Waals surface area contributed by atoms with E-state index in [0.29, 0.717) is 18.9 Å². The molecule has 1 saturated carbocycles. The van der Waals surface area contributed by atoms with Gasteiger partial charge in [-0.25, -0.2) is 0 Å². The highest BCUT2D eigenvalue weighted by Crippen LogP contribution is 2.43. The van der Waals surface area contributed by atoms with Crippen molar-refractivity contribution in [1.82, 2.24) is 5.32 Å². The lowest BCUT2D eigenvalue weighted by Gasteiger charge is -2.20. The number of aliphatic carboxylic acids is 1. The average molecular weight is 183 g/mol. The van der Waals surface area contributed by atoms with Crippen LogP contribution in [-0.4, -0.2) is 23.5 Å². The molecule has 0 aromatic heterocycles. The molecule has 1 heterocycles. The second-order valence-electron chi connectivity index (χ2n) is 4.19. The number of carboxylic acids is 1. The van der Waals surface area contributed by atoms with Crippen LogP contribution in [-0.2, 0) is 9.59 Å². The summed E-state index contributed by atoms with van der Waals surface area (Å²) in [6.07, 6.45) is 3.09. The number of nitrogens with one attached hydrogen (secondary N) is 1. The van der Waals surface area contributed by atoms with Gasteiger partial charge < -0.3 is 10.4 Å². The molecule has 0 aromatic carbocycles. The Labute approximate surface area is 76.3 Å². The maximum absolute atomic E-state index is 11.0. The Morgan fingerprint density at radius 3 is 2.69 bits per heavy atom. The first kappa shape index (κ1) is 8.53. The standard InChI is InChI=1S/C9H13NO3/c11-7-4-9(5-10-7,8(12)13)3-6-1-2-6/h6H,1-5H2,(H,10,11)(H,12,13). The molecule has 0 aromatic rings. The number of amides is 1. The quantitative estimate of drug-likeness (QED) is 0.664. The van der Waals surface area contributed by atoms with Gasteiger partial charge in [0.2, 0.25) is 5.91 Å². The van der Waals surface area contributed by atoms with Gasteiger partial charge >= 0.3 is 5.97 Å². The predicted molar refractivity (Wildman–Crippen MR) is 45.0 cm³/mol. The van der Waals surface area contributed by atoms with E-state index < -0.39 is 11.4 Å². The van der Waals surface area contributed by atoms with E-state index in [4.69, 9.17) is 5.11 Å². The lowest BCUT2D eigenvalue weighted by molar-refractivity contribution is -0.149. The minimum absolute atomic E-state index is 0.122. The number of carbonyl (C=O) groups is 2. The van der Waals surface area contributed by atoms with Crippen LogP contribution >= 0.6 is 0 Å². The Bertz CT molecular complexity index is 260. The highest BCUT2D eigenvalue weighted by atomic mass is 16.4. The van der Waals surface area contributed by atoms with Crippen molar-refractivity contribution < 1.29 is 14.7 Å². The molecule has 0 radical (unpaired) electrons. The van der Waals surface area contributed by atoms with Crippen LogP contribution < -0.4 is 5.32 Å². The molecule has 1 atom stereocenters. The minimum atomic E-state index is -0.822. The number of carboxylic acid groups (broad SMARTS) is 1. The Kier molecular flexibility index (Phi) is 1.78. The fourth-order valence-electron chi connectivity index (χ4n) is 1.96. The molecule has 4 nitrogen and oxygen atoms in total. The summed E-state index contributed by atoms with van der Waals surface area (Å²) in [6, 6.07) is 0. The summed E-state index contributed by atoms with van der Waals surface area (Å²) in [5.41, 5.74) is -0.793. The van der Waals surface area contributed by atoms with Crippen LogP contribution in [0.5, 0.6) is 0 Å². The third kappa shape index (κ3) is 1.53. The second kappa shape index (κ2) is 2.72. The van der Waals surface area contributed by atoms with Gasteiger partial charge in [0, 0.05) is 13.0 Å². The third-order valence-corrected chi connectivity index (χ3v) is 2.95. The van der Waals surface area contributed by atoms with Crippen molar-refractivity contribution in [1.29, 1.82) is 0 Å². The summed E-state index contributed by atoms with van der Waals surface area (Å²) in [5.74, 6) is -0.399. The summed E-state index contributed by atoms with van der Waals surface area (Å²) in [6.45, 7) is 0.317. The Hall–Kier alpha value is -1.06. The second-order valence-corrected chi connectivity index (χ2v) is 4.19. The molecular formula is C9H13NO3. The van der Waals surface area contributed by atoms with Crippen molar-refractivity contribution in [3.05, 3.63) is 0 Å². The highest BCUT2D eigenvalue weighted by molar-refractivity contribution is 5.88. The van der Waals surface area contributed by atoms with Gasteiger partial charge in [-0.3, -0.25) is 9.59 Å². The first-order chi connectivity index (χ1) is 6.12. The summed E-state index contributed by atoms with van der Waals surface area (Å²) in [7, 11) is 0. The van der Waals surface area contributed by atoms with Crippen molar-refractivity contribution in [3.63, 3.8) is 0 Å². The van der Waals surface area contributed by atoms with E-state index in [2.05, 4.69) is 5.32 Å². The number of hydrogen-bond donors (Lipinski definition) is 2. The van der Waals surface area contributed by atoms with Crippen LogP contribution in [0.3, 0.4) is 0 Å². The lowest BCUT2D eigenvalue weighted by Crippen LogP contribution is -2.33. The molecule has 2 aliphatic rings. The zero-order valence-corrected chi connectivity index (χ0v) is 7.38. The number of hydrogen-bond acceptors (Lipinski definition) is 2. The molecular weight excluding hydrogens is 170 g/mol. The molecule has 2 rings (SSSR count). The van der Waals surface area contributed by atoms with Gasteiger partial charge in [-0.2, -0.15) is 0 Å². The number of rotatable bonds is 3. The maximum atomic E-state index is 11.0. The monoisotopic (exact) mass is 183 g/mol. The topological polar surface area (TPSA) is 66.4 Å². The molecule has 4 heteroatoms. The van der Waals surface area contributed by atoms with E-state index in [1.54, 1.807) is 0 Å². The van der Waals surface area contributed by atoms with Gasteiger partial charge in [0.15, 0.2) is 0 Å². The van der Waals surface area contributed by atoms with Crippen molar-refractivity contribution in [3.8, 4) is 0 Å². The molecule has 72 valence electrons. The van der Waals surface area contributed by atoms with Crippen LogP contribution in [0.1, 0.15) is 25.7 Å². The van der Waals surface area contributed by atoms with Crippen LogP contribution in [0, 0.1) is 11.3 Å². The van der Waals surface area contributed by atoms with E-state index in [1.807, 2.05) is 0 Å². The van der Waals surface area contributed by atoms with Gasteiger partial charge in [0.25, 0.3) is 0 Å². The first-order valence-corrected chi connectivity index (χ1v) is 4.62. The zero-order valence-electron chi connectivity index (χ0n) is 7.38. The minimum Gasteiger partial charge on any atom is -0.481 e. The summed E-state index contributed by atoms with van der Waals surface area (Å²) in [5, 5.41) is 11.7. The fourth-order valence-corrected chi connectivity index (χ4v) is 1.96. The maximum Gasteiger partial charge on any atom is 0.311 e. The predicted octanol–water partition coefficient (Wildman–Crippen LogP) is 0.377. The van der Waals surface area contributed by atoms with Crippen LogP contribution in [0.4, 0.5) is 0 Å².